The molecule has 0 radical (unpaired) electrons. The normalized spacial score (nSPS) is 30.0. The van der Waals surface area contributed by atoms with Gasteiger partial charge in [-0.05, 0) is 25.7 Å². The Kier molecular flexibility index (Phi) is 8.51. The minimum absolute atomic E-state index is 0.0309. The average molecular weight is 398 g/mol. The highest BCUT2D eigenvalue weighted by molar-refractivity contribution is 5.78. The summed E-state index contributed by atoms with van der Waals surface area (Å²) >= 11 is 0. The quantitative estimate of drug-likeness (QED) is 0.567. The van der Waals surface area contributed by atoms with Gasteiger partial charge in [0.25, 0.3) is 0 Å². The second kappa shape index (κ2) is 11.1. The third-order valence-corrected chi connectivity index (χ3v) is 6.00. The van der Waals surface area contributed by atoms with Crippen LogP contribution in [-0.2, 0) is 19.1 Å². The van der Waals surface area contributed by atoms with Crippen molar-refractivity contribution in [1.82, 2.24) is 15.5 Å². The van der Waals surface area contributed by atoms with E-state index >= 15 is 0 Å². The monoisotopic (exact) mass is 397 g/mol. The zero-order chi connectivity index (χ0) is 19.8. The largest absolute Gasteiger partial charge is 0.394 e. The summed E-state index contributed by atoms with van der Waals surface area (Å²) < 4.78 is 11.2. The van der Waals surface area contributed by atoms with Crippen LogP contribution < -0.4 is 10.6 Å². The van der Waals surface area contributed by atoms with Crippen molar-refractivity contribution >= 4 is 11.8 Å². The van der Waals surface area contributed by atoms with Gasteiger partial charge >= 0.3 is 0 Å². The second-order valence-electron chi connectivity index (χ2n) is 8.23. The minimum atomic E-state index is -0.463. The van der Waals surface area contributed by atoms with E-state index in [0.717, 1.165) is 25.9 Å². The number of rotatable bonds is 7. The van der Waals surface area contributed by atoms with E-state index in [1.807, 2.05) is 0 Å². The van der Waals surface area contributed by atoms with E-state index in [9.17, 15) is 14.7 Å². The Labute approximate surface area is 167 Å². The maximum absolute atomic E-state index is 12.3. The number of aliphatic hydroxyl groups excluding tert-OH is 1. The van der Waals surface area contributed by atoms with Crippen molar-refractivity contribution in [2.24, 2.45) is 0 Å². The fraction of sp³-hybridized carbons (Fsp3) is 0.900. The smallest absolute Gasteiger partial charge is 0.234 e. The van der Waals surface area contributed by atoms with Crippen LogP contribution in [0, 0.1) is 0 Å². The van der Waals surface area contributed by atoms with Crippen LogP contribution >= 0.6 is 0 Å². The molecule has 2 saturated heterocycles. The molecule has 0 aromatic carbocycles. The molecule has 8 nitrogen and oxygen atoms in total. The van der Waals surface area contributed by atoms with E-state index in [-0.39, 0.29) is 30.6 Å². The SMILES string of the molecule is O=C(C[C@H]1CC[C@H](NC(=O)CN2CCOCC2)[C@H](CO)O1)NC1CCCCC1. The Hall–Kier alpha value is -1.22. The van der Waals surface area contributed by atoms with Crippen LogP contribution in [0.15, 0.2) is 0 Å². The maximum Gasteiger partial charge on any atom is 0.234 e. The highest BCUT2D eigenvalue weighted by atomic mass is 16.5. The summed E-state index contributed by atoms with van der Waals surface area (Å²) in [6, 6.07) is 0.0851. The second-order valence-corrected chi connectivity index (χ2v) is 8.23. The number of morpholine rings is 1. The Morgan fingerprint density at radius 3 is 2.43 bits per heavy atom. The van der Waals surface area contributed by atoms with Crippen molar-refractivity contribution in [2.75, 3.05) is 39.5 Å². The van der Waals surface area contributed by atoms with Gasteiger partial charge in [-0.25, -0.2) is 0 Å². The van der Waals surface area contributed by atoms with E-state index in [4.69, 9.17) is 9.47 Å². The molecule has 0 bridgehead atoms. The number of aliphatic hydroxyl groups is 1. The van der Waals surface area contributed by atoms with Gasteiger partial charge in [0, 0.05) is 19.1 Å². The van der Waals surface area contributed by atoms with Crippen molar-refractivity contribution in [3.63, 3.8) is 0 Å². The van der Waals surface area contributed by atoms with Gasteiger partial charge in [0.1, 0.15) is 6.10 Å². The summed E-state index contributed by atoms with van der Waals surface area (Å²) in [7, 11) is 0. The lowest BCUT2D eigenvalue weighted by atomic mass is 9.94. The summed E-state index contributed by atoms with van der Waals surface area (Å²) in [5.74, 6) is -0.0224. The molecule has 1 aliphatic carbocycles. The van der Waals surface area contributed by atoms with Gasteiger partial charge in [0.05, 0.1) is 44.9 Å². The number of hydrogen-bond acceptors (Lipinski definition) is 6. The first-order valence-corrected chi connectivity index (χ1v) is 10.8. The van der Waals surface area contributed by atoms with Crippen LogP contribution in [0.3, 0.4) is 0 Å². The standard InChI is InChI=1S/C20H35N3O5/c24-14-18-17(22-20(26)13-23-8-10-27-11-9-23)7-6-16(28-18)12-19(25)21-15-4-2-1-3-5-15/h15-18,24H,1-14H2,(H,21,25)(H,22,26)/t16-,17+,18+/m1/s1. The molecule has 3 atom stereocenters. The zero-order valence-corrected chi connectivity index (χ0v) is 16.7. The Morgan fingerprint density at radius 2 is 1.71 bits per heavy atom. The third-order valence-electron chi connectivity index (χ3n) is 6.00. The molecule has 0 aromatic heterocycles. The average Bonchev–Trinajstić information content (AvgIpc) is 2.70. The van der Waals surface area contributed by atoms with Crippen molar-refractivity contribution in [1.29, 1.82) is 0 Å². The maximum atomic E-state index is 12.3. The predicted octanol–water partition coefficient (Wildman–Crippen LogP) is 0.182. The predicted molar refractivity (Wildman–Crippen MR) is 104 cm³/mol. The van der Waals surface area contributed by atoms with Gasteiger partial charge in [-0.2, -0.15) is 0 Å². The lowest BCUT2D eigenvalue weighted by Crippen LogP contribution is -2.54. The van der Waals surface area contributed by atoms with E-state index in [2.05, 4.69) is 15.5 Å². The van der Waals surface area contributed by atoms with E-state index in [1.165, 1.54) is 19.3 Å². The molecule has 160 valence electrons. The lowest BCUT2D eigenvalue weighted by Gasteiger charge is -2.36. The van der Waals surface area contributed by atoms with E-state index in [0.29, 0.717) is 45.1 Å². The first kappa shape index (κ1) is 21.5. The van der Waals surface area contributed by atoms with E-state index < -0.39 is 6.10 Å². The van der Waals surface area contributed by atoms with Crippen LogP contribution in [0.1, 0.15) is 51.4 Å². The van der Waals surface area contributed by atoms with Gasteiger partial charge < -0.3 is 25.2 Å². The van der Waals surface area contributed by atoms with Gasteiger partial charge in [0.2, 0.25) is 11.8 Å². The van der Waals surface area contributed by atoms with Crippen molar-refractivity contribution in [2.45, 2.75) is 75.7 Å². The molecule has 3 N–H and O–H groups in total. The lowest BCUT2D eigenvalue weighted by molar-refractivity contribution is -0.137. The molecule has 1 saturated carbocycles. The molecule has 28 heavy (non-hydrogen) atoms. The van der Waals surface area contributed by atoms with Crippen LogP contribution in [0.4, 0.5) is 0 Å². The molecule has 8 heteroatoms. The van der Waals surface area contributed by atoms with Gasteiger partial charge in [-0.3, -0.25) is 14.5 Å². The molecule has 2 aliphatic heterocycles. The Balaban J connectivity index is 1.39. The molecule has 3 aliphatic rings. The van der Waals surface area contributed by atoms with Crippen molar-refractivity contribution in [3.05, 3.63) is 0 Å². The molecular weight excluding hydrogens is 362 g/mol. The van der Waals surface area contributed by atoms with Crippen LogP contribution in [0.5, 0.6) is 0 Å². The van der Waals surface area contributed by atoms with Crippen molar-refractivity contribution in [3.8, 4) is 0 Å². The fourth-order valence-corrected chi connectivity index (χ4v) is 4.40. The molecule has 3 fully saturated rings. The molecule has 3 rings (SSSR count). The molecule has 0 unspecified atom stereocenters. The molecule has 0 spiro atoms. The van der Waals surface area contributed by atoms with Crippen LogP contribution in [-0.4, -0.2) is 85.6 Å². The van der Waals surface area contributed by atoms with Gasteiger partial charge in [-0.1, -0.05) is 19.3 Å². The number of carbonyl (C=O) groups excluding carboxylic acids is 2. The first-order valence-electron chi connectivity index (χ1n) is 10.8. The van der Waals surface area contributed by atoms with Gasteiger partial charge in [0.15, 0.2) is 0 Å². The number of carbonyl (C=O) groups is 2. The number of hydrogen-bond donors (Lipinski definition) is 3. The van der Waals surface area contributed by atoms with Crippen LogP contribution in [0.2, 0.25) is 0 Å². The summed E-state index contributed by atoms with van der Waals surface area (Å²) in [6.45, 7) is 3.01. The molecule has 0 aromatic rings. The Bertz CT molecular complexity index is 506. The van der Waals surface area contributed by atoms with Crippen LogP contribution in [0.25, 0.3) is 0 Å². The Morgan fingerprint density at radius 1 is 0.964 bits per heavy atom. The highest BCUT2D eigenvalue weighted by Crippen LogP contribution is 2.23. The summed E-state index contributed by atoms with van der Waals surface area (Å²) in [5, 5.41) is 15.8. The molecule has 2 amide bonds. The van der Waals surface area contributed by atoms with Gasteiger partial charge in [-0.15, -0.1) is 0 Å². The zero-order valence-electron chi connectivity index (χ0n) is 16.7. The number of nitrogens with one attached hydrogen (secondary N) is 2. The topological polar surface area (TPSA) is 100 Å². The summed E-state index contributed by atoms with van der Waals surface area (Å²) in [6.07, 6.45) is 6.83. The summed E-state index contributed by atoms with van der Waals surface area (Å²) in [4.78, 5) is 26.7. The fourth-order valence-electron chi connectivity index (χ4n) is 4.40. The molecular formula is C20H35N3O5. The number of nitrogens with zero attached hydrogens (tertiary/aromatic N) is 1. The minimum Gasteiger partial charge on any atom is -0.394 e. The number of ether oxygens (including phenoxy) is 2. The highest BCUT2D eigenvalue weighted by Gasteiger charge is 2.33. The number of amides is 2. The van der Waals surface area contributed by atoms with Crippen molar-refractivity contribution < 1.29 is 24.2 Å². The molecule has 2 heterocycles. The first-order chi connectivity index (χ1) is 13.6. The summed E-state index contributed by atoms with van der Waals surface area (Å²) in [5.41, 5.74) is 0. The van der Waals surface area contributed by atoms with E-state index in [1.54, 1.807) is 0 Å². The third kappa shape index (κ3) is 6.69.